The van der Waals surface area contributed by atoms with E-state index in [0.717, 1.165) is 19.6 Å². The van der Waals surface area contributed by atoms with Crippen molar-refractivity contribution < 1.29 is 0 Å². The van der Waals surface area contributed by atoms with Gasteiger partial charge >= 0.3 is 0 Å². The van der Waals surface area contributed by atoms with Gasteiger partial charge in [-0.25, -0.2) is 0 Å². The molecule has 2 rings (SSSR count). The van der Waals surface area contributed by atoms with E-state index in [1.165, 1.54) is 16.8 Å². The van der Waals surface area contributed by atoms with Crippen LogP contribution in [0.25, 0.3) is 0 Å². The molecule has 0 aromatic carbocycles. The maximum Gasteiger partial charge on any atom is 0.0535 e. The third-order valence-corrected chi connectivity index (χ3v) is 3.06. The Hall–Kier alpha value is -1.62. The van der Waals surface area contributed by atoms with Gasteiger partial charge in [0.05, 0.1) is 18.9 Å². The first kappa shape index (κ1) is 13.8. The summed E-state index contributed by atoms with van der Waals surface area (Å²) in [5, 5.41) is 14.9. The average Bonchev–Trinajstić information content (AvgIpc) is 2.92. The van der Waals surface area contributed by atoms with Crippen molar-refractivity contribution in [3.05, 3.63) is 35.4 Å². The van der Waals surface area contributed by atoms with E-state index in [-0.39, 0.29) is 5.41 Å². The van der Waals surface area contributed by atoms with Crippen LogP contribution in [0.2, 0.25) is 0 Å². The molecule has 0 saturated carbocycles. The van der Waals surface area contributed by atoms with Gasteiger partial charge in [0.25, 0.3) is 0 Å². The van der Waals surface area contributed by atoms with Crippen molar-refractivity contribution in [1.29, 1.82) is 0 Å². The number of H-pyrrole nitrogens is 1. The van der Waals surface area contributed by atoms with Crippen LogP contribution in [0.4, 0.5) is 0 Å². The standard InChI is InChI=1S/C14H23N5/c1-11-7-17-19(10-11)6-5-15-8-12-9-16-18-13(12)14(2,3)4/h7,9-10,15H,5-6,8H2,1-4H3,(H,16,18). The summed E-state index contributed by atoms with van der Waals surface area (Å²) >= 11 is 0. The van der Waals surface area contributed by atoms with E-state index in [1.54, 1.807) is 0 Å². The third-order valence-electron chi connectivity index (χ3n) is 3.06. The van der Waals surface area contributed by atoms with Gasteiger partial charge in [-0.05, 0) is 12.5 Å². The smallest absolute Gasteiger partial charge is 0.0535 e. The summed E-state index contributed by atoms with van der Waals surface area (Å²) in [7, 11) is 0. The molecule has 0 spiro atoms. The van der Waals surface area contributed by atoms with Crippen LogP contribution in [-0.2, 0) is 18.5 Å². The van der Waals surface area contributed by atoms with E-state index in [1.807, 2.05) is 17.1 Å². The lowest BCUT2D eigenvalue weighted by atomic mass is 9.89. The monoisotopic (exact) mass is 261 g/mol. The Morgan fingerprint density at radius 2 is 2.11 bits per heavy atom. The molecule has 2 N–H and O–H groups in total. The number of rotatable bonds is 5. The zero-order valence-electron chi connectivity index (χ0n) is 12.2. The Kier molecular flexibility index (Phi) is 4.04. The van der Waals surface area contributed by atoms with Crippen LogP contribution in [0.3, 0.4) is 0 Å². The van der Waals surface area contributed by atoms with Crippen LogP contribution >= 0.6 is 0 Å². The highest BCUT2D eigenvalue weighted by molar-refractivity contribution is 5.23. The summed E-state index contributed by atoms with van der Waals surface area (Å²) < 4.78 is 1.96. The molecule has 0 bridgehead atoms. The maximum atomic E-state index is 4.27. The molecular weight excluding hydrogens is 238 g/mol. The average molecular weight is 261 g/mol. The Bertz CT molecular complexity index is 518. The van der Waals surface area contributed by atoms with Crippen molar-refractivity contribution in [2.24, 2.45) is 0 Å². The summed E-state index contributed by atoms with van der Waals surface area (Å²) in [6.07, 6.45) is 5.85. The molecule has 2 heterocycles. The molecule has 5 nitrogen and oxygen atoms in total. The Morgan fingerprint density at radius 3 is 2.74 bits per heavy atom. The lowest BCUT2D eigenvalue weighted by Gasteiger charge is -2.18. The fraction of sp³-hybridized carbons (Fsp3) is 0.571. The molecule has 0 aliphatic heterocycles. The second-order valence-electron chi connectivity index (χ2n) is 5.98. The van der Waals surface area contributed by atoms with Crippen molar-refractivity contribution in [3.63, 3.8) is 0 Å². The van der Waals surface area contributed by atoms with Gasteiger partial charge < -0.3 is 5.32 Å². The second kappa shape index (κ2) is 5.57. The summed E-state index contributed by atoms with van der Waals surface area (Å²) in [6, 6.07) is 0. The molecule has 0 amide bonds. The van der Waals surface area contributed by atoms with Gasteiger partial charge in [-0.2, -0.15) is 10.2 Å². The number of hydrogen-bond donors (Lipinski definition) is 2. The van der Waals surface area contributed by atoms with Gasteiger partial charge in [0.1, 0.15) is 0 Å². The highest BCUT2D eigenvalue weighted by atomic mass is 15.3. The highest BCUT2D eigenvalue weighted by Gasteiger charge is 2.19. The predicted molar refractivity (Wildman–Crippen MR) is 76.0 cm³/mol. The van der Waals surface area contributed by atoms with Gasteiger partial charge in [-0.1, -0.05) is 20.8 Å². The zero-order valence-corrected chi connectivity index (χ0v) is 12.2. The van der Waals surface area contributed by atoms with Crippen molar-refractivity contribution in [3.8, 4) is 0 Å². The molecule has 0 aliphatic rings. The zero-order chi connectivity index (χ0) is 13.9. The Labute approximate surface area is 114 Å². The molecule has 0 radical (unpaired) electrons. The molecular formula is C14H23N5. The van der Waals surface area contributed by atoms with Gasteiger partial charge in [-0.15, -0.1) is 0 Å². The third kappa shape index (κ3) is 3.67. The van der Waals surface area contributed by atoms with Gasteiger partial charge in [0.2, 0.25) is 0 Å². The molecule has 5 heteroatoms. The van der Waals surface area contributed by atoms with E-state index in [4.69, 9.17) is 0 Å². The first-order valence-corrected chi connectivity index (χ1v) is 6.69. The molecule has 0 aliphatic carbocycles. The number of aromatic amines is 1. The first-order chi connectivity index (χ1) is 8.97. The minimum Gasteiger partial charge on any atom is -0.311 e. The fourth-order valence-electron chi connectivity index (χ4n) is 2.10. The molecule has 2 aromatic heterocycles. The Balaban J connectivity index is 1.82. The van der Waals surface area contributed by atoms with E-state index in [2.05, 4.69) is 54.5 Å². The van der Waals surface area contributed by atoms with Crippen LogP contribution in [-0.4, -0.2) is 26.5 Å². The van der Waals surface area contributed by atoms with Crippen LogP contribution in [0.15, 0.2) is 18.6 Å². The van der Waals surface area contributed by atoms with Crippen molar-refractivity contribution in [2.75, 3.05) is 6.54 Å². The molecule has 0 unspecified atom stereocenters. The SMILES string of the molecule is Cc1cnn(CCNCc2cn[nH]c2C(C)(C)C)c1. The van der Waals surface area contributed by atoms with Gasteiger partial charge in [0.15, 0.2) is 0 Å². The largest absolute Gasteiger partial charge is 0.311 e. The molecule has 104 valence electrons. The Morgan fingerprint density at radius 1 is 1.32 bits per heavy atom. The van der Waals surface area contributed by atoms with Crippen LogP contribution in [0.5, 0.6) is 0 Å². The lowest BCUT2D eigenvalue weighted by Crippen LogP contribution is -2.22. The number of hydrogen-bond acceptors (Lipinski definition) is 3. The lowest BCUT2D eigenvalue weighted by molar-refractivity contribution is 0.535. The van der Waals surface area contributed by atoms with Crippen LogP contribution < -0.4 is 5.32 Å². The van der Waals surface area contributed by atoms with E-state index in [9.17, 15) is 0 Å². The van der Waals surface area contributed by atoms with Crippen molar-refractivity contribution >= 4 is 0 Å². The fourth-order valence-corrected chi connectivity index (χ4v) is 2.10. The maximum absolute atomic E-state index is 4.27. The summed E-state index contributed by atoms with van der Waals surface area (Å²) in [5.74, 6) is 0. The molecule has 2 aromatic rings. The summed E-state index contributed by atoms with van der Waals surface area (Å²) in [4.78, 5) is 0. The van der Waals surface area contributed by atoms with E-state index in [0.29, 0.717) is 0 Å². The van der Waals surface area contributed by atoms with Crippen molar-refractivity contribution in [1.82, 2.24) is 25.3 Å². The van der Waals surface area contributed by atoms with E-state index >= 15 is 0 Å². The van der Waals surface area contributed by atoms with Crippen LogP contribution in [0.1, 0.15) is 37.6 Å². The summed E-state index contributed by atoms with van der Waals surface area (Å²) in [6.45, 7) is 11.2. The number of nitrogens with zero attached hydrogens (tertiary/aromatic N) is 3. The minimum absolute atomic E-state index is 0.104. The molecule has 0 saturated heterocycles. The quantitative estimate of drug-likeness (QED) is 0.809. The number of aromatic nitrogens is 4. The van der Waals surface area contributed by atoms with Gasteiger partial charge in [-0.3, -0.25) is 9.78 Å². The molecule has 0 fully saturated rings. The number of nitrogens with one attached hydrogen (secondary N) is 2. The molecule has 0 atom stereocenters. The normalized spacial score (nSPS) is 12.0. The van der Waals surface area contributed by atoms with Crippen LogP contribution in [0, 0.1) is 6.92 Å². The second-order valence-corrected chi connectivity index (χ2v) is 5.98. The topological polar surface area (TPSA) is 58.5 Å². The van der Waals surface area contributed by atoms with E-state index < -0.39 is 0 Å². The minimum atomic E-state index is 0.104. The highest BCUT2D eigenvalue weighted by Crippen LogP contribution is 2.22. The van der Waals surface area contributed by atoms with Crippen molar-refractivity contribution in [2.45, 2.75) is 46.2 Å². The van der Waals surface area contributed by atoms with Gasteiger partial charge in [0, 0.05) is 36.0 Å². The first-order valence-electron chi connectivity index (χ1n) is 6.69. The summed E-state index contributed by atoms with van der Waals surface area (Å²) in [5.41, 5.74) is 3.75. The number of aryl methyl sites for hydroxylation is 1. The predicted octanol–water partition coefficient (Wildman–Crippen LogP) is 2.00. The molecule has 19 heavy (non-hydrogen) atoms.